The number of hydrogen-bond donors (Lipinski definition) is 1. The lowest BCUT2D eigenvalue weighted by molar-refractivity contribution is 0.103. The molecule has 3 rings (SSSR count). The van der Waals surface area contributed by atoms with E-state index in [2.05, 4.69) is 9.97 Å². The maximum atomic E-state index is 12.5. The van der Waals surface area contributed by atoms with Crippen LogP contribution in [0.5, 0.6) is 17.2 Å². The van der Waals surface area contributed by atoms with Crippen LogP contribution in [0.4, 0.5) is 0 Å². The van der Waals surface area contributed by atoms with Gasteiger partial charge in [-0.15, -0.1) is 0 Å². The number of aromatic amines is 1. The zero-order valence-corrected chi connectivity index (χ0v) is 15.3. The van der Waals surface area contributed by atoms with Crippen molar-refractivity contribution in [2.45, 2.75) is 0 Å². The lowest BCUT2D eigenvalue weighted by Gasteiger charge is -2.13. The van der Waals surface area contributed by atoms with Crippen LogP contribution in [-0.4, -0.2) is 37.1 Å². The number of hydrogen-bond acceptors (Lipinski definition) is 5. The molecule has 7 heteroatoms. The molecule has 1 aromatic heterocycles. The Morgan fingerprint density at radius 3 is 2.15 bits per heavy atom. The molecule has 3 aromatic rings. The van der Waals surface area contributed by atoms with Gasteiger partial charge < -0.3 is 19.2 Å². The number of nitrogens with one attached hydrogen (secondary N) is 1. The molecule has 1 heterocycles. The molecular formula is C19H17ClN2O4. The van der Waals surface area contributed by atoms with E-state index in [4.69, 9.17) is 25.8 Å². The smallest absolute Gasteiger partial charge is 0.228 e. The Bertz CT molecular complexity index is 910. The number of ether oxygens (including phenoxy) is 3. The number of aromatic nitrogens is 2. The van der Waals surface area contributed by atoms with Crippen molar-refractivity contribution in [1.82, 2.24) is 9.97 Å². The summed E-state index contributed by atoms with van der Waals surface area (Å²) < 4.78 is 16.0. The SMILES string of the molecule is COc1cc(-c2cnc(C(=O)c3ccc(Cl)cc3)[nH]2)cc(OC)c1OC. The van der Waals surface area contributed by atoms with Crippen molar-refractivity contribution in [1.29, 1.82) is 0 Å². The number of imidazole rings is 1. The van der Waals surface area contributed by atoms with Crippen LogP contribution in [-0.2, 0) is 0 Å². The van der Waals surface area contributed by atoms with E-state index in [1.54, 1.807) is 63.9 Å². The first-order chi connectivity index (χ1) is 12.6. The predicted octanol–water partition coefficient (Wildman–Crippen LogP) is 3.99. The van der Waals surface area contributed by atoms with Gasteiger partial charge in [0.1, 0.15) is 0 Å². The minimum atomic E-state index is -0.222. The quantitative estimate of drug-likeness (QED) is 0.662. The first-order valence-corrected chi connectivity index (χ1v) is 8.10. The molecule has 26 heavy (non-hydrogen) atoms. The van der Waals surface area contributed by atoms with Crippen LogP contribution in [0.3, 0.4) is 0 Å². The molecule has 6 nitrogen and oxygen atoms in total. The van der Waals surface area contributed by atoms with E-state index in [0.29, 0.717) is 33.5 Å². The summed E-state index contributed by atoms with van der Waals surface area (Å²) in [6.45, 7) is 0. The number of H-pyrrole nitrogens is 1. The van der Waals surface area contributed by atoms with Crippen LogP contribution >= 0.6 is 11.6 Å². The van der Waals surface area contributed by atoms with Gasteiger partial charge in [-0.2, -0.15) is 0 Å². The van der Waals surface area contributed by atoms with Crippen LogP contribution < -0.4 is 14.2 Å². The highest BCUT2D eigenvalue weighted by molar-refractivity contribution is 6.30. The molecule has 0 aliphatic heterocycles. The van der Waals surface area contributed by atoms with E-state index in [-0.39, 0.29) is 11.6 Å². The maximum Gasteiger partial charge on any atom is 0.228 e. The number of benzene rings is 2. The fourth-order valence-corrected chi connectivity index (χ4v) is 2.68. The second-order valence-corrected chi connectivity index (χ2v) is 5.83. The van der Waals surface area contributed by atoms with Gasteiger partial charge >= 0.3 is 0 Å². The van der Waals surface area contributed by atoms with E-state index in [9.17, 15) is 4.79 Å². The molecule has 0 aliphatic rings. The standard InChI is InChI=1S/C19H17ClN2O4/c1-24-15-8-12(9-16(25-2)18(15)26-3)14-10-21-19(22-14)17(23)11-4-6-13(20)7-5-11/h4-10H,1-3H3,(H,21,22). The summed E-state index contributed by atoms with van der Waals surface area (Å²) in [5, 5.41) is 0.569. The zero-order chi connectivity index (χ0) is 18.7. The van der Waals surface area contributed by atoms with E-state index >= 15 is 0 Å². The van der Waals surface area contributed by atoms with Gasteiger partial charge in [0.15, 0.2) is 17.3 Å². The summed E-state index contributed by atoms with van der Waals surface area (Å²) >= 11 is 5.86. The van der Waals surface area contributed by atoms with Gasteiger partial charge in [0.05, 0.1) is 33.2 Å². The maximum absolute atomic E-state index is 12.5. The zero-order valence-electron chi connectivity index (χ0n) is 14.5. The van der Waals surface area contributed by atoms with E-state index in [0.717, 1.165) is 5.56 Å². The van der Waals surface area contributed by atoms with Gasteiger partial charge in [0.2, 0.25) is 11.5 Å². The number of nitrogens with zero attached hydrogens (tertiary/aromatic N) is 1. The molecule has 0 unspecified atom stereocenters. The predicted molar refractivity (Wildman–Crippen MR) is 98.6 cm³/mol. The van der Waals surface area contributed by atoms with Crippen molar-refractivity contribution in [3.8, 4) is 28.5 Å². The molecule has 0 amide bonds. The van der Waals surface area contributed by atoms with Crippen molar-refractivity contribution < 1.29 is 19.0 Å². The van der Waals surface area contributed by atoms with Gasteiger partial charge in [0.25, 0.3) is 0 Å². The molecule has 0 aliphatic carbocycles. The number of methoxy groups -OCH3 is 3. The van der Waals surface area contributed by atoms with Crippen LogP contribution in [0.2, 0.25) is 5.02 Å². The second-order valence-electron chi connectivity index (χ2n) is 5.40. The minimum absolute atomic E-state index is 0.222. The number of carbonyl (C=O) groups is 1. The largest absolute Gasteiger partial charge is 0.493 e. The first kappa shape index (κ1) is 17.8. The Morgan fingerprint density at radius 1 is 1.00 bits per heavy atom. The molecule has 134 valence electrons. The fraction of sp³-hybridized carbons (Fsp3) is 0.158. The molecular weight excluding hydrogens is 356 g/mol. The second kappa shape index (κ2) is 7.49. The molecule has 0 bridgehead atoms. The molecule has 0 saturated carbocycles. The molecule has 2 aromatic carbocycles. The van der Waals surface area contributed by atoms with Gasteiger partial charge in [-0.05, 0) is 36.4 Å². The molecule has 0 atom stereocenters. The van der Waals surface area contributed by atoms with Crippen LogP contribution in [0, 0.1) is 0 Å². The molecule has 0 fully saturated rings. The highest BCUT2D eigenvalue weighted by Crippen LogP contribution is 2.40. The number of rotatable bonds is 6. The molecule has 0 saturated heterocycles. The normalized spacial score (nSPS) is 10.5. The summed E-state index contributed by atoms with van der Waals surface area (Å²) in [6.07, 6.45) is 1.59. The van der Waals surface area contributed by atoms with Crippen molar-refractivity contribution in [2.24, 2.45) is 0 Å². The average molecular weight is 373 g/mol. The van der Waals surface area contributed by atoms with Gasteiger partial charge in [-0.25, -0.2) is 4.98 Å². The lowest BCUT2D eigenvalue weighted by Crippen LogP contribution is -2.03. The molecule has 0 spiro atoms. The number of halogens is 1. The van der Waals surface area contributed by atoms with Crippen molar-refractivity contribution in [3.05, 3.63) is 59.0 Å². The Kier molecular flexibility index (Phi) is 5.14. The van der Waals surface area contributed by atoms with E-state index in [1.807, 2.05) is 0 Å². The fourth-order valence-electron chi connectivity index (χ4n) is 2.56. The Labute approximate surface area is 155 Å². The summed E-state index contributed by atoms with van der Waals surface area (Å²) in [5.74, 6) is 1.54. The van der Waals surface area contributed by atoms with E-state index < -0.39 is 0 Å². The summed E-state index contributed by atoms with van der Waals surface area (Å²) in [6, 6.07) is 10.2. The monoisotopic (exact) mass is 372 g/mol. The Morgan fingerprint density at radius 2 is 1.62 bits per heavy atom. The lowest BCUT2D eigenvalue weighted by atomic mass is 10.1. The number of carbonyl (C=O) groups excluding carboxylic acids is 1. The molecule has 1 N–H and O–H groups in total. The van der Waals surface area contributed by atoms with Gasteiger partial charge in [-0.1, -0.05) is 11.6 Å². The third-order valence-corrected chi connectivity index (χ3v) is 4.13. The highest BCUT2D eigenvalue weighted by atomic mass is 35.5. The third kappa shape index (κ3) is 3.36. The van der Waals surface area contributed by atoms with Gasteiger partial charge in [0, 0.05) is 16.1 Å². The van der Waals surface area contributed by atoms with Crippen molar-refractivity contribution in [3.63, 3.8) is 0 Å². The van der Waals surface area contributed by atoms with Crippen molar-refractivity contribution >= 4 is 17.4 Å². The molecule has 0 radical (unpaired) electrons. The third-order valence-electron chi connectivity index (χ3n) is 3.87. The topological polar surface area (TPSA) is 73.4 Å². The Hall–Kier alpha value is -2.99. The van der Waals surface area contributed by atoms with Crippen molar-refractivity contribution in [2.75, 3.05) is 21.3 Å². The Balaban J connectivity index is 1.97. The first-order valence-electron chi connectivity index (χ1n) is 7.73. The summed E-state index contributed by atoms with van der Waals surface area (Å²) in [4.78, 5) is 19.8. The number of ketones is 1. The van der Waals surface area contributed by atoms with Crippen LogP contribution in [0.25, 0.3) is 11.3 Å². The van der Waals surface area contributed by atoms with Crippen LogP contribution in [0.15, 0.2) is 42.6 Å². The van der Waals surface area contributed by atoms with Gasteiger partial charge in [-0.3, -0.25) is 4.79 Å². The minimum Gasteiger partial charge on any atom is -0.493 e. The summed E-state index contributed by atoms with van der Waals surface area (Å²) in [7, 11) is 4.63. The summed E-state index contributed by atoms with van der Waals surface area (Å²) in [5.41, 5.74) is 1.91. The van der Waals surface area contributed by atoms with Crippen LogP contribution in [0.1, 0.15) is 16.2 Å². The van der Waals surface area contributed by atoms with E-state index in [1.165, 1.54) is 0 Å². The highest BCUT2D eigenvalue weighted by Gasteiger charge is 2.17. The average Bonchev–Trinajstić information content (AvgIpc) is 3.17.